The minimum Gasteiger partial charge on any atom is -0.272 e. The van der Waals surface area contributed by atoms with Crippen molar-refractivity contribution in [3.8, 4) is 6.07 Å². The number of hydrogen-bond acceptors (Lipinski definition) is 4. The van der Waals surface area contributed by atoms with Crippen molar-refractivity contribution < 1.29 is 18.4 Å². The molecule has 1 saturated heterocycles. The Hall–Kier alpha value is -2.07. The fourth-order valence-corrected chi connectivity index (χ4v) is 2.29. The molecule has 0 N–H and O–H groups in total. The molecule has 7 heteroatoms. The molecule has 1 aliphatic rings. The first-order valence-electron chi connectivity index (χ1n) is 6.94. The van der Waals surface area contributed by atoms with E-state index >= 15 is 0 Å². The molecule has 1 aromatic heterocycles. The van der Waals surface area contributed by atoms with Crippen molar-refractivity contribution in [1.82, 2.24) is 10.0 Å². The Bertz CT molecular complexity index is 581. The van der Waals surface area contributed by atoms with Crippen LogP contribution in [0.1, 0.15) is 50.4 Å². The van der Waals surface area contributed by atoms with Crippen LogP contribution in [0.4, 0.5) is 8.78 Å². The fraction of sp³-hybridized carbons (Fsp3) is 0.533. The number of hydroxylamine groups is 2. The second kappa shape index (κ2) is 6.36. The summed E-state index contributed by atoms with van der Waals surface area (Å²) in [5.41, 5.74) is -0.526. The van der Waals surface area contributed by atoms with Gasteiger partial charge in [-0.2, -0.15) is 5.26 Å². The molecule has 0 saturated carbocycles. The number of amides is 1. The number of nitrogens with zero attached hydrogens (tertiary/aromatic N) is 3. The van der Waals surface area contributed by atoms with Gasteiger partial charge in [0, 0.05) is 19.0 Å². The number of aromatic nitrogens is 1. The summed E-state index contributed by atoms with van der Waals surface area (Å²) in [6.45, 7) is 3.71. The van der Waals surface area contributed by atoms with Gasteiger partial charge in [0.1, 0.15) is 5.69 Å². The summed E-state index contributed by atoms with van der Waals surface area (Å²) >= 11 is 0. The number of alkyl halides is 2. The van der Waals surface area contributed by atoms with E-state index in [0.717, 1.165) is 0 Å². The van der Waals surface area contributed by atoms with Crippen molar-refractivity contribution in [3.05, 3.63) is 29.6 Å². The highest BCUT2D eigenvalue weighted by atomic mass is 19.3. The van der Waals surface area contributed by atoms with Crippen LogP contribution in [-0.4, -0.2) is 22.6 Å². The lowest BCUT2D eigenvalue weighted by atomic mass is 9.88. The molecule has 118 valence electrons. The number of carbonyl (C=O) groups is 1. The Balaban J connectivity index is 2.20. The maximum Gasteiger partial charge on any atom is 0.280 e. The van der Waals surface area contributed by atoms with E-state index in [1.807, 2.05) is 6.07 Å². The first-order chi connectivity index (χ1) is 10.4. The summed E-state index contributed by atoms with van der Waals surface area (Å²) in [6, 6.07) is 4.40. The lowest BCUT2D eigenvalue weighted by Gasteiger charge is -2.30. The topological polar surface area (TPSA) is 66.2 Å². The highest BCUT2D eigenvalue weighted by molar-refractivity contribution is 5.81. The van der Waals surface area contributed by atoms with Crippen LogP contribution in [0.2, 0.25) is 0 Å². The average molecular weight is 309 g/mol. The summed E-state index contributed by atoms with van der Waals surface area (Å²) in [5.74, 6) is -0.297. The van der Waals surface area contributed by atoms with Crippen LogP contribution in [0.15, 0.2) is 18.3 Å². The third-order valence-electron chi connectivity index (χ3n) is 3.62. The minimum absolute atomic E-state index is 0.0704. The Labute approximate surface area is 127 Å². The Morgan fingerprint density at radius 1 is 1.59 bits per heavy atom. The van der Waals surface area contributed by atoms with Gasteiger partial charge in [-0.05, 0) is 25.5 Å². The molecular formula is C15H17F2N3O2. The van der Waals surface area contributed by atoms with Crippen LogP contribution >= 0.6 is 0 Å². The Kier molecular flexibility index (Phi) is 4.71. The van der Waals surface area contributed by atoms with Crippen molar-refractivity contribution in [2.45, 2.75) is 39.2 Å². The number of nitriles is 1. The van der Waals surface area contributed by atoms with Crippen LogP contribution in [0.3, 0.4) is 0 Å². The van der Waals surface area contributed by atoms with Gasteiger partial charge in [-0.1, -0.05) is 6.07 Å². The van der Waals surface area contributed by atoms with Crippen LogP contribution in [0, 0.1) is 16.7 Å². The van der Waals surface area contributed by atoms with E-state index in [1.54, 1.807) is 13.8 Å². The quantitative estimate of drug-likeness (QED) is 0.857. The standard InChI is InChI=1S/C15H17F2N3O2/c1-15(2,6-7-18)14(21)20-12(5-8-22-20)10-3-4-11(13(16)17)19-9-10/h3-4,9,12-13H,5-6,8H2,1-2H3/t12-/m0/s1. The molecule has 1 amide bonds. The zero-order valence-electron chi connectivity index (χ0n) is 12.4. The zero-order valence-corrected chi connectivity index (χ0v) is 12.4. The van der Waals surface area contributed by atoms with Crippen molar-refractivity contribution in [1.29, 1.82) is 5.26 Å². The SMILES string of the molecule is CC(C)(CC#N)C(=O)N1OCC[C@H]1c1ccc(C(F)F)nc1. The molecular weight excluding hydrogens is 292 g/mol. The van der Waals surface area contributed by atoms with Crippen LogP contribution in [0.25, 0.3) is 0 Å². The second-order valence-electron chi connectivity index (χ2n) is 5.80. The molecule has 0 unspecified atom stereocenters. The molecule has 1 aliphatic heterocycles. The largest absolute Gasteiger partial charge is 0.280 e. The van der Waals surface area contributed by atoms with Gasteiger partial charge in [-0.15, -0.1) is 0 Å². The van der Waals surface area contributed by atoms with E-state index in [2.05, 4.69) is 4.98 Å². The fourth-order valence-electron chi connectivity index (χ4n) is 2.29. The number of pyridine rings is 1. The smallest absolute Gasteiger partial charge is 0.272 e. The molecule has 1 aromatic rings. The number of halogens is 2. The van der Waals surface area contributed by atoms with E-state index < -0.39 is 11.8 Å². The normalized spacial score (nSPS) is 18.5. The third-order valence-corrected chi connectivity index (χ3v) is 3.62. The predicted octanol–water partition coefficient (Wildman–Crippen LogP) is 3.16. The maximum atomic E-state index is 12.5. The van der Waals surface area contributed by atoms with Crippen molar-refractivity contribution in [3.63, 3.8) is 0 Å². The molecule has 0 radical (unpaired) electrons. The summed E-state index contributed by atoms with van der Waals surface area (Å²) in [5, 5.41) is 10.1. The van der Waals surface area contributed by atoms with Gasteiger partial charge in [0.05, 0.1) is 24.1 Å². The third kappa shape index (κ3) is 3.22. The highest BCUT2D eigenvalue weighted by Crippen LogP contribution is 2.35. The second-order valence-corrected chi connectivity index (χ2v) is 5.80. The first kappa shape index (κ1) is 16.3. The monoisotopic (exact) mass is 309 g/mol. The van der Waals surface area contributed by atoms with Gasteiger partial charge >= 0.3 is 0 Å². The van der Waals surface area contributed by atoms with Crippen LogP contribution in [0.5, 0.6) is 0 Å². The molecule has 2 rings (SSSR count). The molecule has 0 aromatic carbocycles. The molecule has 0 spiro atoms. The summed E-state index contributed by atoms with van der Waals surface area (Å²) < 4.78 is 25.1. The van der Waals surface area contributed by atoms with Gasteiger partial charge in [0.2, 0.25) is 0 Å². The Morgan fingerprint density at radius 3 is 2.86 bits per heavy atom. The molecule has 1 fully saturated rings. The van der Waals surface area contributed by atoms with Crippen LogP contribution in [-0.2, 0) is 9.63 Å². The summed E-state index contributed by atoms with van der Waals surface area (Å²) in [4.78, 5) is 21.6. The molecule has 5 nitrogen and oxygen atoms in total. The van der Waals surface area contributed by atoms with E-state index in [1.165, 1.54) is 23.4 Å². The van der Waals surface area contributed by atoms with Gasteiger partial charge in [0.25, 0.3) is 12.3 Å². The number of carbonyl (C=O) groups excluding carboxylic acids is 1. The molecule has 0 aliphatic carbocycles. The van der Waals surface area contributed by atoms with E-state index in [4.69, 9.17) is 10.1 Å². The highest BCUT2D eigenvalue weighted by Gasteiger charge is 2.39. The van der Waals surface area contributed by atoms with E-state index in [0.29, 0.717) is 18.6 Å². The van der Waals surface area contributed by atoms with Gasteiger partial charge in [-0.25, -0.2) is 13.8 Å². The average Bonchev–Trinajstić information content (AvgIpc) is 2.95. The zero-order chi connectivity index (χ0) is 16.3. The van der Waals surface area contributed by atoms with Gasteiger partial charge < -0.3 is 0 Å². The molecule has 0 bridgehead atoms. The van der Waals surface area contributed by atoms with Gasteiger partial charge in [-0.3, -0.25) is 14.6 Å². The van der Waals surface area contributed by atoms with Crippen molar-refractivity contribution >= 4 is 5.91 Å². The summed E-state index contributed by atoms with van der Waals surface area (Å²) in [7, 11) is 0. The summed E-state index contributed by atoms with van der Waals surface area (Å²) in [6.07, 6.45) is -0.648. The molecule has 22 heavy (non-hydrogen) atoms. The lowest BCUT2D eigenvalue weighted by Crippen LogP contribution is -2.39. The lowest BCUT2D eigenvalue weighted by molar-refractivity contribution is -0.186. The minimum atomic E-state index is -2.62. The van der Waals surface area contributed by atoms with E-state index in [9.17, 15) is 13.6 Å². The van der Waals surface area contributed by atoms with Gasteiger partial charge in [0.15, 0.2) is 0 Å². The van der Waals surface area contributed by atoms with E-state index in [-0.39, 0.29) is 24.1 Å². The van der Waals surface area contributed by atoms with Crippen molar-refractivity contribution in [2.24, 2.45) is 5.41 Å². The number of hydrogen-bond donors (Lipinski definition) is 0. The Morgan fingerprint density at radius 2 is 2.32 bits per heavy atom. The van der Waals surface area contributed by atoms with Crippen LogP contribution < -0.4 is 0 Å². The molecule has 2 heterocycles. The van der Waals surface area contributed by atoms with Crippen molar-refractivity contribution in [2.75, 3.05) is 6.61 Å². The predicted molar refractivity (Wildman–Crippen MR) is 73.4 cm³/mol. The maximum absolute atomic E-state index is 12.5. The molecule has 1 atom stereocenters. The number of rotatable bonds is 4. The first-order valence-corrected chi connectivity index (χ1v) is 6.94.